The maximum absolute atomic E-state index is 12.4. The molecule has 25 heavy (non-hydrogen) atoms. The van der Waals surface area contributed by atoms with Crippen molar-refractivity contribution in [3.63, 3.8) is 0 Å². The van der Waals surface area contributed by atoms with Gasteiger partial charge in [-0.15, -0.1) is 0 Å². The lowest BCUT2D eigenvalue weighted by Gasteiger charge is -2.35. The molecule has 1 unspecified atom stereocenters. The number of carbonyl (C=O) groups is 2. The minimum Gasteiger partial charge on any atom is -0.495 e. The molecule has 0 spiro atoms. The van der Waals surface area contributed by atoms with Gasteiger partial charge in [-0.1, -0.05) is 24.3 Å². The Bertz CT molecular complexity index is 651. The number of ether oxygens (including phenoxy) is 1. The lowest BCUT2D eigenvalue weighted by molar-refractivity contribution is -0.133. The van der Waals surface area contributed by atoms with Gasteiger partial charge in [0.15, 0.2) is 0 Å². The number of nitrogens with zero attached hydrogens (tertiary/aromatic N) is 2. The first kappa shape index (κ1) is 17.3. The van der Waals surface area contributed by atoms with E-state index in [1.54, 1.807) is 12.0 Å². The zero-order valence-corrected chi connectivity index (χ0v) is 14.6. The molecule has 134 valence electrons. The van der Waals surface area contributed by atoms with Crippen molar-refractivity contribution in [2.24, 2.45) is 5.92 Å². The molecule has 1 atom stereocenters. The maximum atomic E-state index is 12.4. The molecule has 0 bridgehead atoms. The lowest BCUT2D eigenvalue weighted by Crippen LogP contribution is -2.51. The average Bonchev–Trinajstić information content (AvgIpc) is 3.15. The number of allylic oxidation sites excluding steroid dienone is 2. The molecule has 1 aliphatic heterocycles. The number of hydrogen-bond acceptors (Lipinski definition) is 3. The third kappa shape index (κ3) is 4.32. The zero-order valence-electron chi connectivity index (χ0n) is 14.6. The fourth-order valence-corrected chi connectivity index (χ4v) is 3.32. The summed E-state index contributed by atoms with van der Waals surface area (Å²) in [6.07, 6.45) is 7.04. The van der Waals surface area contributed by atoms with Gasteiger partial charge in [0.25, 0.3) is 0 Å². The quantitative estimate of drug-likeness (QED) is 0.855. The number of benzene rings is 1. The normalized spacial score (nSPS) is 19.8. The summed E-state index contributed by atoms with van der Waals surface area (Å²) in [7, 11) is 1.58. The van der Waals surface area contributed by atoms with E-state index in [2.05, 4.69) is 17.5 Å². The van der Waals surface area contributed by atoms with Crippen molar-refractivity contribution >= 4 is 17.6 Å². The van der Waals surface area contributed by atoms with Crippen molar-refractivity contribution in [1.29, 1.82) is 0 Å². The maximum Gasteiger partial charge on any atom is 0.322 e. The Kier molecular flexibility index (Phi) is 5.58. The van der Waals surface area contributed by atoms with Gasteiger partial charge in [-0.25, -0.2) is 4.79 Å². The van der Waals surface area contributed by atoms with Gasteiger partial charge in [0.1, 0.15) is 5.75 Å². The number of carbonyl (C=O) groups excluding carboxylic acids is 2. The highest BCUT2D eigenvalue weighted by Crippen LogP contribution is 2.24. The molecule has 3 rings (SSSR count). The second kappa shape index (κ2) is 8.05. The van der Waals surface area contributed by atoms with Crippen LogP contribution in [0.4, 0.5) is 10.5 Å². The van der Waals surface area contributed by atoms with Crippen molar-refractivity contribution < 1.29 is 14.3 Å². The number of methoxy groups -OCH3 is 1. The predicted octanol–water partition coefficient (Wildman–Crippen LogP) is 2.73. The summed E-state index contributed by atoms with van der Waals surface area (Å²) in [5.41, 5.74) is 0.654. The molecule has 0 aromatic heterocycles. The fourth-order valence-electron chi connectivity index (χ4n) is 3.32. The first-order valence-corrected chi connectivity index (χ1v) is 8.81. The van der Waals surface area contributed by atoms with Crippen molar-refractivity contribution in [1.82, 2.24) is 9.80 Å². The van der Waals surface area contributed by atoms with Crippen LogP contribution in [0.2, 0.25) is 0 Å². The van der Waals surface area contributed by atoms with E-state index in [1.807, 2.05) is 29.2 Å². The Morgan fingerprint density at radius 2 is 1.88 bits per heavy atom. The number of urea groups is 1. The Balaban J connectivity index is 1.49. The van der Waals surface area contributed by atoms with Crippen molar-refractivity contribution in [3.8, 4) is 5.75 Å². The number of nitrogens with one attached hydrogen (secondary N) is 1. The summed E-state index contributed by atoms with van der Waals surface area (Å²) in [6.45, 7) is 2.28. The molecule has 3 amide bonds. The Hall–Kier alpha value is -2.50. The van der Waals surface area contributed by atoms with E-state index in [0.29, 0.717) is 50.0 Å². The van der Waals surface area contributed by atoms with Crippen molar-refractivity contribution in [3.05, 3.63) is 36.4 Å². The monoisotopic (exact) mass is 343 g/mol. The molecule has 1 heterocycles. The van der Waals surface area contributed by atoms with Crippen LogP contribution in [0.15, 0.2) is 36.4 Å². The van der Waals surface area contributed by atoms with Gasteiger partial charge in [0, 0.05) is 32.6 Å². The topological polar surface area (TPSA) is 61.9 Å². The lowest BCUT2D eigenvalue weighted by atomic mass is 10.0. The van der Waals surface area contributed by atoms with Crippen LogP contribution in [-0.4, -0.2) is 55.0 Å². The third-order valence-corrected chi connectivity index (χ3v) is 4.82. The fraction of sp³-hybridized carbons (Fsp3) is 0.474. The highest BCUT2D eigenvalue weighted by molar-refractivity contribution is 5.91. The summed E-state index contributed by atoms with van der Waals surface area (Å²) < 4.78 is 5.25. The van der Waals surface area contributed by atoms with E-state index in [0.717, 1.165) is 12.8 Å². The van der Waals surface area contributed by atoms with Gasteiger partial charge < -0.3 is 19.9 Å². The number of anilines is 1. The first-order valence-electron chi connectivity index (χ1n) is 8.81. The molecular formula is C19H25N3O3. The van der Waals surface area contributed by atoms with E-state index in [4.69, 9.17) is 4.74 Å². The number of hydrogen-bond donors (Lipinski definition) is 1. The van der Waals surface area contributed by atoms with E-state index in [9.17, 15) is 9.59 Å². The highest BCUT2D eigenvalue weighted by Gasteiger charge is 2.26. The van der Waals surface area contributed by atoms with Crippen molar-refractivity contribution in [2.45, 2.75) is 19.3 Å². The predicted molar refractivity (Wildman–Crippen MR) is 96.6 cm³/mol. The largest absolute Gasteiger partial charge is 0.495 e. The standard InChI is InChI=1S/C19H25N3O3/c1-25-17-9-5-4-8-16(17)20-19(24)22-12-10-21(11-13-22)18(23)14-15-6-2-3-7-15/h2,4-6,8-9,15H,3,7,10-14H2,1H3,(H,20,24). The van der Waals surface area contributed by atoms with Crippen LogP contribution < -0.4 is 10.1 Å². The average molecular weight is 343 g/mol. The van der Waals surface area contributed by atoms with Gasteiger partial charge in [0.05, 0.1) is 12.8 Å². The highest BCUT2D eigenvalue weighted by atomic mass is 16.5. The van der Waals surface area contributed by atoms with Gasteiger partial charge in [-0.3, -0.25) is 4.79 Å². The molecule has 1 fully saturated rings. The summed E-state index contributed by atoms with van der Waals surface area (Å²) in [5.74, 6) is 1.22. The van der Waals surface area contributed by atoms with Crippen molar-refractivity contribution in [2.75, 3.05) is 38.6 Å². The second-order valence-electron chi connectivity index (χ2n) is 6.47. The van der Waals surface area contributed by atoms with Crippen LogP contribution in [0.25, 0.3) is 0 Å². The number of amides is 3. The smallest absolute Gasteiger partial charge is 0.322 e. The Labute approximate surface area is 148 Å². The molecule has 1 N–H and O–H groups in total. The molecule has 6 nitrogen and oxygen atoms in total. The number of rotatable bonds is 4. The molecule has 6 heteroatoms. The van der Waals surface area contributed by atoms with E-state index in [1.165, 1.54) is 0 Å². The zero-order chi connectivity index (χ0) is 17.6. The van der Waals surface area contributed by atoms with E-state index >= 15 is 0 Å². The molecule has 0 radical (unpaired) electrons. The van der Waals surface area contributed by atoms with Gasteiger partial charge in [-0.05, 0) is 30.9 Å². The number of piperazine rings is 1. The molecule has 2 aliphatic rings. The van der Waals surface area contributed by atoms with E-state index < -0.39 is 0 Å². The molecule has 0 saturated carbocycles. The molecular weight excluding hydrogens is 318 g/mol. The number of para-hydroxylation sites is 2. The van der Waals surface area contributed by atoms with Crippen LogP contribution in [0.3, 0.4) is 0 Å². The molecule has 1 aliphatic carbocycles. The summed E-state index contributed by atoms with van der Waals surface area (Å²) in [5, 5.41) is 2.88. The van der Waals surface area contributed by atoms with E-state index in [-0.39, 0.29) is 11.9 Å². The molecule has 1 aromatic rings. The summed E-state index contributed by atoms with van der Waals surface area (Å²) >= 11 is 0. The van der Waals surface area contributed by atoms with Gasteiger partial charge >= 0.3 is 6.03 Å². The first-order chi connectivity index (χ1) is 12.2. The summed E-state index contributed by atoms with van der Waals surface area (Å²) in [6, 6.07) is 7.18. The van der Waals surface area contributed by atoms with Crippen LogP contribution in [0, 0.1) is 5.92 Å². The van der Waals surface area contributed by atoms with Crippen LogP contribution in [-0.2, 0) is 4.79 Å². The second-order valence-corrected chi connectivity index (χ2v) is 6.47. The minimum atomic E-state index is -0.157. The van der Waals surface area contributed by atoms with Gasteiger partial charge in [-0.2, -0.15) is 0 Å². The Morgan fingerprint density at radius 1 is 1.16 bits per heavy atom. The molecule has 1 aromatic carbocycles. The SMILES string of the molecule is COc1ccccc1NC(=O)N1CCN(C(=O)CC2C=CCC2)CC1. The Morgan fingerprint density at radius 3 is 2.56 bits per heavy atom. The molecule has 1 saturated heterocycles. The summed E-state index contributed by atoms with van der Waals surface area (Å²) in [4.78, 5) is 28.4. The van der Waals surface area contributed by atoms with Crippen LogP contribution >= 0.6 is 0 Å². The van der Waals surface area contributed by atoms with Crippen LogP contribution in [0.1, 0.15) is 19.3 Å². The van der Waals surface area contributed by atoms with Crippen LogP contribution in [0.5, 0.6) is 5.75 Å². The minimum absolute atomic E-state index is 0.157. The van der Waals surface area contributed by atoms with Gasteiger partial charge in [0.2, 0.25) is 5.91 Å². The third-order valence-electron chi connectivity index (χ3n) is 4.82.